The van der Waals surface area contributed by atoms with Gasteiger partial charge in [0.2, 0.25) is 0 Å². The largest absolute Gasteiger partial charge is 0.462 e. The summed E-state index contributed by atoms with van der Waals surface area (Å²) < 4.78 is 5.90. The number of halogens is 1. The molecule has 0 heterocycles. The van der Waals surface area contributed by atoms with Gasteiger partial charge in [-0.25, -0.2) is 0 Å². The van der Waals surface area contributed by atoms with Gasteiger partial charge in [-0.05, 0) is 109 Å². The SMILES string of the molecule is CCCCCC=CCCCCC(CCC=CCCCC(C)CCC/C=C\CCCCC)OC(=O)CCCCBr. The van der Waals surface area contributed by atoms with Crippen molar-refractivity contribution in [3.05, 3.63) is 36.5 Å². The maximum atomic E-state index is 12.3. The van der Waals surface area contributed by atoms with Crippen LogP contribution in [0.4, 0.5) is 0 Å². The van der Waals surface area contributed by atoms with Crippen LogP contribution in [0.5, 0.6) is 0 Å². The molecule has 0 N–H and O–H groups in total. The first kappa shape index (κ1) is 38.2. The normalized spacial score (nSPS) is 13.6. The zero-order chi connectivity index (χ0) is 28.7. The molecule has 0 radical (unpaired) electrons. The summed E-state index contributed by atoms with van der Waals surface area (Å²) in [5.74, 6) is 0.813. The lowest BCUT2D eigenvalue weighted by Gasteiger charge is -2.17. The van der Waals surface area contributed by atoms with Gasteiger partial charge in [-0.3, -0.25) is 4.79 Å². The summed E-state index contributed by atoms with van der Waals surface area (Å²) in [7, 11) is 0. The van der Waals surface area contributed by atoms with Crippen molar-refractivity contribution >= 4 is 21.9 Å². The summed E-state index contributed by atoms with van der Waals surface area (Å²) in [6.07, 6.45) is 41.2. The Morgan fingerprint density at radius 1 is 0.590 bits per heavy atom. The van der Waals surface area contributed by atoms with Gasteiger partial charge in [0.1, 0.15) is 6.10 Å². The van der Waals surface area contributed by atoms with Gasteiger partial charge in [-0.2, -0.15) is 0 Å². The molecule has 0 aromatic heterocycles. The number of hydrogen-bond acceptors (Lipinski definition) is 2. The van der Waals surface area contributed by atoms with Crippen molar-refractivity contribution in [3.63, 3.8) is 0 Å². The van der Waals surface area contributed by atoms with Crippen molar-refractivity contribution in [1.29, 1.82) is 0 Å². The number of esters is 1. The Morgan fingerprint density at radius 3 is 1.59 bits per heavy atom. The lowest BCUT2D eigenvalue weighted by molar-refractivity contribution is -0.149. The second-order valence-electron chi connectivity index (χ2n) is 11.5. The summed E-state index contributed by atoms with van der Waals surface area (Å²) in [6, 6.07) is 0. The predicted molar refractivity (Wildman–Crippen MR) is 178 cm³/mol. The Hall–Kier alpha value is -0.830. The van der Waals surface area contributed by atoms with Crippen LogP contribution in [0.3, 0.4) is 0 Å². The standard InChI is InChI=1S/C36H65BrO2/c1-4-6-8-10-12-14-16-20-24-30-35(39-36(38)32-26-27-33-37)31-25-21-17-19-23-29-34(3)28-22-18-15-13-11-9-7-5-2/h12-15,17,21,34-35H,4-11,16,18-20,22-33H2,1-3H3/b14-12?,15-13-,21-17?. The number of alkyl halides is 1. The Bertz CT molecular complexity index is 595. The highest BCUT2D eigenvalue weighted by Crippen LogP contribution is 2.18. The molecule has 0 amide bonds. The highest BCUT2D eigenvalue weighted by Gasteiger charge is 2.13. The molecule has 0 aromatic rings. The van der Waals surface area contributed by atoms with Gasteiger partial charge in [0, 0.05) is 11.8 Å². The summed E-state index contributed by atoms with van der Waals surface area (Å²) >= 11 is 3.45. The van der Waals surface area contributed by atoms with Gasteiger partial charge < -0.3 is 4.74 Å². The number of ether oxygens (including phenoxy) is 1. The molecule has 0 saturated heterocycles. The third-order valence-corrected chi connectivity index (χ3v) is 8.01. The van der Waals surface area contributed by atoms with E-state index < -0.39 is 0 Å². The third-order valence-electron chi connectivity index (χ3n) is 7.45. The number of carbonyl (C=O) groups excluding carboxylic acids is 1. The zero-order valence-electron chi connectivity index (χ0n) is 26.3. The molecule has 0 saturated carbocycles. The predicted octanol–water partition coefficient (Wildman–Crippen LogP) is 12.6. The summed E-state index contributed by atoms with van der Waals surface area (Å²) in [5.41, 5.74) is 0. The van der Waals surface area contributed by atoms with Gasteiger partial charge in [0.25, 0.3) is 0 Å². The fourth-order valence-corrected chi connectivity index (χ4v) is 5.23. The van der Waals surface area contributed by atoms with Crippen LogP contribution >= 0.6 is 15.9 Å². The van der Waals surface area contributed by atoms with Gasteiger partial charge >= 0.3 is 5.97 Å². The molecule has 2 nitrogen and oxygen atoms in total. The summed E-state index contributed by atoms with van der Waals surface area (Å²) in [4.78, 5) is 12.3. The van der Waals surface area contributed by atoms with Crippen LogP contribution in [0, 0.1) is 5.92 Å². The number of allylic oxidation sites excluding steroid dienone is 6. The van der Waals surface area contributed by atoms with E-state index in [1.54, 1.807) is 0 Å². The van der Waals surface area contributed by atoms with Gasteiger partial charge in [-0.1, -0.05) is 112 Å². The fraction of sp³-hybridized carbons (Fsp3) is 0.806. The first-order chi connectivity index (χ1) is 19.1. The molecule has 3 heteroatoms. The van der Waals surface area contributed by atoms with Crippen LogP contribution in [0.15, 0.2) is 36.5 Å². The highest BCUT2D eigenvalue weighted by molar-refractivity contribution is 9.09. The molecule has 2 unspecified atom stereocenters. The van der Waals surface area contributed by atoms with Gasteiger partial charge in [-0.15, -0.1) is 0 Å². The molecule has 39 heavy (non-hydrogen) atoms. The van der Waals surface area contributed by atoms with E-state index in [2.05, 4.69) is 73.2 Å². The Morgan fingerprint density at radius 2 is 1.08 bits per heavy atom. The van der Waals surface area contributed by atoms with E-state index in [1.807, 2.05) is 0 Å². The van der Waals surface area contributed by atoms with Crippen molar-refractivity contribution in [2.45, 2.75) is 175 Å². The first-order valence-electron chi connectivity index (χ1n) is 16.8. The topological polar surface area (TPSA) is 26.3 Å². The van der Waals surface area contributed by atoms with E-state index in [-0.39, 0.29) is 12.1 Å². The maximum absolute atomic E-state index is 12.3. The Balaban J connectivity index is 4.10. The van der Waals surface area contributed by atoms with E-state index in [0.717, 1.165) is 56.2 Å². The smallest absolute Gasteiger partial charge is 0.306 e. The molecule has 2 atom stereocenters. The van der Waals surface area contributed by atoms with Crippen molar-refractivity contribution in [1.82, 2.24) is 0 Å². The second kappa shape index (κ2) is 31.7. The minimum Gasteiger partial charge on any atom is -0.462 e. The van der Waals surface area contributed by atoms with E-state index in [4.69, 9.17) is 4.74 Å². The maximum Gasteiger partial charge on any atom is 0.306 e. The minimum absolute atomic E-state index is 0.0123. The number of hydrogen-bond donors (Lipinski definition) is 0. The molecule has 0 fully saturated rings. The quantitative estimate of drug-likeness (QED) is 0.0365. The molecule has 0 aliphatic carbocycles. The molecule has 0 bridgehead atoms. The van der Waals surface area contributed by atoms with Crippen molar-refractivity contribution < 1.29 is 9.53 Å². The third kappa shape index (κ3) is 30.0. The van der Waals surface area contributed by atoms with Crippen LogP contribution < -0.4 is 0 Å². The monoisotopic (exact) mass is 608 g/mol. The minimum atomic E-state index is -0.0123. The van der Waals surface area contributed by atoms with Crippen molar-refractivity contribution in [3.8, 4) is 0 Å². The summed E-state index contributed by atoms with van der Waals surface area (Å²) in [6.45, 7) is 6.93. The van der Waals surface area contributed by atoms with E-state index in [1.165, 1.54) is 96.3 Å². The van der Waals surface area contributed by atoms with Crippen LogP contribution in [-0.2, 0) is 9.53 Å². The van der Waals surface area contributed by atoms with Crippen molar-refractivity contribution in [2.75, 3.05) is 5.33 Å². The van der Waals surface area contributed by atoms with E-state index >= 15 is 0 Å². The lowest BCUT2D eigenvalue weighted by atomic mass is 9.97. The highest BCUT2D eigenvalue weighted by atomic mass is 79.9. The molecular formula is C36H65BrO2. The molecule has 0 aliphatic rings. The number of unbranched alkanes of at least 4 members (excludes halogenated alkanes) is 11. The zero-order valence-corrected chi connectivity index (χ0v) is 27.9. The van der Waals surface area contributed by atoms with Crippen LogP contribution in [0.2, 0.25) is 0 Å². The Kier molecular flexibility index (Phi) is 31.0. The number of carbonyl (C=O) groups is 1. The lowest BCUT2D eigenvalue weighted by Crippen LogP contribution is -2.18. The molecule has 0 spiro atoms. The average Bonchev–Trinajstić information content (AvgIpc) is 2.93. The van der Waals surface area contributed by atoms with E-state index in [9.17, 15) is 4.79 Å². The Labute approximate surface area is 253 Å². The molecule has 0 aromatic carbocycles. The average molecular weight is 610 g/mol. The second-order valence-corrected chi connectivity index (χ2v) is 12.3. The molecule has 228 valence electrons. The van der Waals surface area contributed by atoms with Crippen LogP contribution in [-0.4, -0.2) is 17.4 Å². The number of rotatable bonds is 29. The fourth-order valence-electron chi connectivity index (χ4n) is 4.83. The molecule has 0 aliphatic heterocycles. The summed E-state index contributed by atoms with van der Waals surface area (Å²) in [5, 5.41) is 0.954. The van der Waals surface area contributed by atoms with Crippen LogP contribution in [0.1, 0.15) is 168 Å². The van der Waals surface area contributed by atoms with Crippen LogP contribution in [0.25, 0.3) is 0 Å². The van der Waals surface area contributed by atoms with Crippen molar-refractivity contribution in [2.24, 2.45) is 5.92 Å². The van der Waals surface area contributed by atoms with Gasteiger partial charge in [0.15, 0.2) is 0 Å². The van der Waals surface area contributed by atoms with Gasteiger partial charge in [0.05, 0.1) is 0 Å². The first-order valence-corrected chi connectivity index (χ1v) is 18.0. The molecule has 0 rings (SSSR count). The van der Waals surface area contributed by atoms with E-state index in [0.29, 0.717) is 6.42 Å². The molecular weight excluding hydrogens is 544 g/mol.